The third-order valence-electron chi connectivity index (χ3n) is 2.49. The Bertz CT molecular complexity index is 711. The first kappa shape index (κ1) is 16.3. The summed E-state index contributed by atoms with van der Waals surface area (Å²) in [6.07, 6.45) is 2.57. The standard InChI is InChI=1S/C15H9Br3O3/c16-10-4-5-13(12(18)7-10)21-14-8-11(17)3-1-9(14)2-6-15(19)20/h1-8H,(H,19,20). The van der Waals surface area contributed by atoms with Crippen LogP contribution in [-0.2, 0) is 4.79 Å². The molecule has 0 heterocycles. The topological polar surface area (TPSA) is 46.5 Å². The summed E-state index contributed by atoms with van der Waals surface area (Å²) in [7, 11) is 0. The van der Waals surface area contributed by atoms with E-state index >= 15 is 0 Å². The first-order valence-corrected chi connectivity index (χ1v) is 8.17. The highest BCUT2D eigenvalue weighted by Gasteiger charge is 2.08. The number of carbonyl (C=O) groups is 1. The fraction of sp³-hybridized carbons (Fsp3) is 0. The molecule has 0 fully saturated rings. The Balaban J connectivity index is 2.38. The van der Waals surface area contributed by atoms with Crippen molar-refractivity contribution in [3.8, 4) is 11.5 Å². The Morgan fingerprint density at radius 3 is 2.33 bits per heavy atom. The maximum atomic E-state index is 10.7. The van der Waals surface area contributed by atoms with Crippen molar-refractivity contribution in [2.24, 2.45) is 0 Å². The van der Waals surface area contributed by atoms with Gasteiger partial charge in [-0.25, -0.2) is 4.79 Å². The normalized spacial score (nSPS) is 10.8. The average molecular weight is 477 g/mol. The Hall–Kier alpha value is -1.11. The minimum Gasteiger partial charge on any atom is -0.478 e. The van der Waals surface area contributed by atoms with Crippen LogP contribution >= 0.6 is 47.8 Å². The molecule has 0 aliphatic rings. The van der Waals surface area contributed by atoms with Gasteiger partial charge in [-0.3, -0.25) is 0 Å². The van der Waals surface area contributed by atoms with Gasteiger partial charge in [0.25, 0.3) is 0 Å². The van der Waals surface area contributed by atoms with Crippen molar-refractivity contribution < 1.29 is 14.6 Å². The van der Waals surface area contributed by atoms with Crippen LogP contribution in [0.2, 0.25) is 0 Å². The van der Waals surface area contributed by atoms with E-state index in [9.17, 15) is 4.79 Å². The highest BCUT2D eigenvalue weighted by atomic mass is 79.9. The van der Waals surface area contributed by atoms with Crippen molar-refractivity contribution in [1.29, 1.82) is 0 Å². The number of carboxylic acids is 1. The summed E-state index contributed by atoms with van der Waals surface area (Å²) in [5.74, 6) is 0.194. The van der Waals surface area contributed by atoms with E-state index in [-0.39, 0.29) is 0 Å². The molecule has 0 saturated heterocycles. The second-order valence-electron chi connectivity index (χ2n) is 4.03. The zero-order valence-corrected chi connectivity index (χ0v) is 15.3. The lowest BCUT2D eigenvalue weighted by atomic mass is 10.2. The van der Waals surface area contributed by atoms with Crippen LogP contribution in [0.3, 0.4) is 0 Å². The van der Waals surface area contributed by atoms with Gasteiger partial charge in [-0.05, 0) is 52.3 Å². The number of hydrogen-bond donors (Lipinski definition) is 1. The number of aliphatic carboxylic acids is 1. The molecule has 0 aromatic heterocycles. The number of carboxylic acid groups (broad SMARTS) is 1. The maximum absolute atomic E-state index is 10.7. The predicted molar refractivity (Wildman–Crippen MR) is 92.7 cm³/mol. The van der Waals surface area contributed by atoms with Gasteiger partial charge in [0.05, 0.1) is 4.47 Å². The lowest BCUT2D eigenvalue weighted by Crippen LogP contribution is -1.91. The fourth-order valence-corrected chi connectivity index (χ4v) is 3.04. The molecule has 0 spiro atoms. The molecule has 0 saturated carbocycles. The summed E-state index contributed by atoms with van der Waals surface area (Å²) < 4.78 is 8.44. The summed E-state index contributed by atoms with van der Waals surface area (Å²) in [6.45, 7) is 0. The van der Waals surface area contributed by atoms with Gasteiger partial charge in [0.15, 0.2) is 0 Å². The van der Waals surface area contributed by atoms with Gasteiger partial charge in [-0.1, -0.05) is 37.9 Å². The van der Waals surface area contributed by atoms with E-state index in [1.54, 1.807) is 12.1 Å². The van der Waals surface area contributed by atoms with Crippen molar-refractivity contribution in [1.82, 2.24) is 0 Å². The van der Waals surface area contributed by atoms with Crippen LogP contribution in [0.4, 0.5) is 0 Å². The van der Waals surface area contributed by atoms with Crippen LogP contribution in [0.25, 0.3) is 6.08 Å². The Morgan fingerprint density at radius 2 is 1.67 bits per heavy atom. The van der Waals surface area contributed by atoms with Crippen molar-refractivity contribution in [2.75, 3.05) is 0 Å². The SMILES string of the molecule is O=C(O)C=Cc1ccc(Br)cc1Oc1ccc(Br)cc1Br. The smallest absolute Gasteiger partial charge is 0.328 e. The number of halogens is 3. The van der Waals surface area contributed by atoms with Crippen molar-refractivity contribution in [3.63, 3.8) is 0 Å². The Kier molecular flexibility index (Phi) is 5.61. The monoisotopic (exact) mass is 474 g/mol. The molecule has 0 atom stereocenters. The molecule has 0 amide bonds. The molecule has 0 aliphatic carbocycles. The lowest BCUT2D eigenvalue weighted by Gasteiger charge is -2.11. The van der Waals surface area contributed by atoms with E-state index in [4.69, 9.17) is 9.84 Å². The minimum atomic E-state index is -1.01. The van der Waals surface area contributed by atoms with Crippen LogP contribution in [-0.4, -0.2) is 11.1 Å². The molecule has 0 bridgehead atoms. The van der Waals surface area contributed by atoms with Gasteiger partial charge in [-0.15, -0.1) is 0 Å². The van der Waals surface area contributed by atoms with E-state index in [1.165, 1.54) is 6.08 Å². The summed E-state index contributed by atoms with van der Waals surface area (Å²) in [5.41, 5.74) is 0.676. The first-order valence-electron chi connectivity index (χ1n) is 5.79. The molecule has 0 aliphatic heterocycles. The second-order valence-corrected chi connectivity index (χ2v) is 6.72. The molecule has 1 N–H and O–H groups in total. The first-order chi connectivity index (χ1) is 9.95. The van der Waals surface area contributed by atoms with E-state index in [2.05, 4.69) is 47.8 Å². The molecule has 2 rings (SSSR count). The van der Waals surface area contributed by atoms with Gasteiger partial charge in [0, 0.05) is 20.6 Å². The summed E-state index contributed by atoms with van der Waals surface area (Å²) >= 11 is 10.2. The van der Waals surface area contributed by atoms with Gasteiger partial charge in [0.1, 0.15) is 11.5 Å². The quantitative estimate of drug-likeness (QED) is 0.562. The predicted octanol–water partition coefficient (Wildman–Crippen LogP) is 5.86. The van der Waals surface area contributed by atoms with E-state index < -0.39 is 5.97 Å². The van der Waals surface area contributed by atoms with Gasteiger partial charge < -0.3 is 9.84 Å². The highest BCUT2D eigenvalue weighted by molar-refractivity contribution is 9.11. The van der Waals surface area contributed by atoms with Crippen molar-refractivity contribution in [2.45, 2.75) is 0 Å². The highest BCUT2D eigenvalue weighted by Crippen LogP contribution is 2.35. The zero-order valence-electron chi connectivity index (χ0n) is 10.5. The minimum absolute atomic E-state index is 0.560. The van der Waals surface area contributed by atoms with Crippen molar-refractivity contribution in [3.05, 3.63) is 61.5 Å². The van der Waals surface area contributed by atoms with Gasteiger partial charge in [-0.2, -0.15) is 0 Å². The molecule has 21 heavy (non-hydrogen) atoms. The summed E-state index contributed by atoms with van der Waals surface area (Å²) in [4.78, 5) is 10.7. The second kappa shape index (κ2) is 7.24. The number of benzene rings is 2. The van der Waals surface area contributed by atoms with Crippen LogP contribution in [0.1, 0.15) is 5.56 Å². The molecular weight excluding hydrogens is 468 g/mol. The third kappa shape index (κ3) is 4.69. The lowest BCUT2D eigenvalue weighted by molar-refractivity contribution is -0.131. The van der Waals surface area contributed by atoms with E-state index in [1.807, 2.05) is 24.3 Å². The van der Waals surface area contributed by atoms with Crippen LogP contribution in [0.5, 0.6) is 11.5 Å². The maximum Gasteiger partial charge on any atom is 0.328 e. The fourth-order valence-electron chi connectivity index (χ4n) is 1.57. The summed E-state index contributed by atoms with van der Waals surface area (Å²) in [6, 6.07) is 11.0. The third-order valence-corrected chi connectivity index (χ3v) is 4.10. The number of ether oxygens (including phenoxy) is 1. The van der Waals surface area contributed by atoms with Gasteiger partial charge in [0.2, 0.25) is 0 Å². The summed E-state index contributed by atoms with van der Waals surface area (Å²) in [5, 5.41) is 8.74. The van der Waals surface area contributed by atoms with E-state index in [0.29, 0.717) is 17.1 Å². The molecule has 0 unspecified atom stereocenters. The zero-order chi connectivity index (χ0) is 15.4. The van der Waals surface area contributed by atoms with Crippen molar-refractivity contribution >= 4 is 59.8 Å². The molecule has 6 heteroatoms. The van der Waals surface area contributed by atoms with Crippen LogP contribution in [0, 0.1) is 0 Å². The van der Waals surface area contributed by atoms with E-state index in [0.717, 1.165) is 19.5 Å². The number of hydrogen-bond acceptors (Lipinski definition) is 2. The van der Waals surface area contributed by atoms with Crippen LogP contribution in [0.15, 0.2) is 55.9 Å². The van der Waals surface area contributed by atoms with Crippen LogP contribution < -0.4 is 4.74 Å². The molecule has 3 nitrogen and oxygen atoms in total. The number of rotatable bonds is 4. The Labute approximate surface area is 147 Å². The molecule has 2 aromatic rings. The molecule has 108 valence electrons. The average Bonchev–Trinajstić information content (AvgIpc) is 2.41. The largest absolute Gasteiger partial charge is 0.478 e. The molecular formula is C15H9Br3O3. The van der Waals surface area contributed by atoms with Gasteiger partial charge >= 0.3 is 5.97 Å². The molecule has 2 aromatic carbocycles. The molecule has 0 radical (unpaired) electrons. The Morgan fingerprint density at radius 1 is 1.00 bits per heavy atom.